The minimum Gasteiger partial charge on any atom is -0.207 e. The third-order valence-electron chi connectivity index (χ3n) is 2.54. The minimum absolute atomic E-state index is 0.112. The molecule has 0 nitrogen and oxygen atoms in total. The first-order valence-electron chi connectivity index (χ1n) is 5.13. The molecule has 0 amide bonds. The van der Waals surface area contributed by atoms with Gasteiger partial charge in [0.15, 0.2) is 11.6 Å². The molecule has 0 aliphatic heterocycles. The molecule has 0 radical (unpaired) electrons. The third-order valence-corrected chi connectivity index (χ3v) is 3.25. The first-order valence-corrected chi connectivity index (χ1v) is 5.95. The fourth-order valence-electron chi connectivity index (χ4n) is 1.61. The van der Waals surface area contributed by atoms with Gasteiger partial charge >= 0.3 is 0 Å². The molecule has 0 fully saturated rings. The number of hydrogen-bond donors (Lipinski definition) is 0. The van der Waals surface area contributed by atoms with Crippen molar-refractivity contribution >= 4 is 23.2 Å². The Hall–Kier alpha value is -1.26. The normalized spacial score (nSPS) is 12.5. The molecule has 0 N–H and O–H groups in total. The molecule has 6 heteroatoms. The smallest absolute Gasteiger partial charge is 0.161 e. The van der Waals surface area contributed by atoms with Crippen molar-refractivity contribution < 1.29 is 17.6 Å². The summed E-state index contributed by atoms with van der Waals surface area (Å²) >= 11 is 11.6. The van der Waals surface area contributed by atoms with E-state index in [2.05, 4.69) is 0 Å². The van der Waals surface area contributed by atoms with Crippen molar-refractivity contribution in [1.29, 1.82) is 0 Å². The maximum Gasteiger partial charge on any atom is 0.161 e. The Morgan fingerprint density at radius 2 is 1.32 bits per heavy atom. The van der Waals surface area contributed by atoms with Crippen molar-refractivity contribution in [2.75, 3.05) is 0 Å². The highest BCUT2D eigenvalue weighted by molar-refractivity contribution is 6.30. The molecule has 2 aromatic carbocycles. The van der Waals surface area contributed by atoms with Gasteiger partial charge in [-0.25, -0.2) is 17.6 Å². The standard InChI is InChI=1S/C13H6Cl2F4/c14-6-1-2-9(16)7(3-6)13(15)8-4-11(18)12(19)5-10(8)17/h1-5,13H. The van der Waals surface area contributed by atoms with Gasteiger partial charge in [0.1, 0.15) is 11.6 Å². The molecule has 2 aromatic rings. The zero-order valence-electron chi connectivity index (χ0n) is 9.23. The molecule has 0 heterocycles. The second-order valence-corrected chi connectivity index (χ2v) is 4.69. The highest BCUT2D eigenvalue weighted by Crippen LogP contribution is 2.34. The molecular weight excluding hydrogens is 303 g/mol. The van der Waals surface area contributed by atoms with Crippen molar-refractivity contribution in [1.82, 2.24) is 0 Å². The van der Waals surface area contributed by atoms with Crippen LogP contribution in [0, 0.1) is 23.3 Å². The summed E-state index contributed by atoms with van der Waals surface area (Å²) in [5.74, 6) is -4.37. The van der Waals surface area contributed by atoms with Crippen LogP contribution >= 0.6 is 23.2 Å². The number of hydrogen-bond acceptors (Lipinski definition) is 0. The van der Waals surface area contributed by atoms with Crippen LogP contribution in [0.5, 0.6) is 0 Å². The summed E-state index contributed by atoms with van der Waals surface area (Å²) in [6.45, 7) is 0. The molecule has 0 aliphatic rings. The van der Waals surface area contributed by atoms with Crippen LogP contribution in [-0.4, -0.2) is 0 Å². The SMILES string of the molecule is Fc1cc(F)c(C(Cl)c2cc(Cl)ccc2F)cc1F. The van der Waals surface area contributed by atoms with E-state index in [-0.39, 0.29) is 16.1 Å². The summed E-state index contributed by atoms with van der Waals surface area (Å²) in [6, 6.07) is 4.52. The van der Waals surface area contributed by atoms with Crippen LogP contribution in [-0.2, 0) is 0 Å². The van der Waals surface area contributed by atoms with E-state index in [1.165, 1.54) is 12.1 Å². The molecule has 0 aliphatic carbocycles. The Bertz CT molecular complexity index is 628. The van der Waals surface area contributed by atoms with Crippen LogP contribution in [0.3, 0.4) is 0 Å². The largest absolute Gasteiger partial charge is 0.207 e. The molecule has 0 saturated carbocycles. The molecule has 0 aromatic heterocycles. The summed E-state index contributed by atoms with van der Waals surface area (Å²) in [7, 11) is 0. The van der Waals surface area contributed by atoms with Gasteiger partial charge < -0.3 is 0 Å². The Kier molecular flexibility index (Phi) is 4.02. The van der Waals surface area contributed by atoms with Crippen LogP contribution in [0.1, 0.15) is 16.5 Å². The molecule has 0 spiro atoms. The molecule has 0 bridgehead atoms. The van der Waals surface area contributed by atoms with Gasteiger partial charge in [-0.15, -0.1) is 11.6 Å². The fraction of sp³-hybridized carbons (Fsp3) is 0.0769. The fourth-order valence-corrected chi connectivity index (χ4v) is 2.12. The zero-order valence-corrected chi connectivity index (χ0v) is 10.7. The summed E-state index contributed by atoms with van der Waals surface area (Å²) in [5, 5.41) is -1.11. The van der Waals surface area contributed by atoms with E-state index in [0.717, 1.165) is 6.07 Å². The first kappa shape index (κ1) is 14.2. The molecule has 2 rings (SSSR count). The number of rotatable bonds is 2. The second-order valence-electron chi connectivity index (χ2n) is 3.82. The van der Waals surface area contributed by atoms with Crippen molar-refractivity contribution in [3.63, 3.8) is 0 Å². The van der Waals surface area contributed by atoms with Crippen molar-refractivity contribution in [2.45, 2.75) is 5.38 Å². The molecule has 0 saturated heterocycles. The Labute approximate surface area is 116 Å². The summed E-state index contributed by atoms with van der Waals surface area (Å²) < 4.78 is 53.0. The number of alkyl halides is 1. The van der Waals surface area contributed by atoms with E-state index in [4.69, 9.17) is 23.2 Å². The molecule has 1 atom stereocenters. The van der Waals surface area contributed by atoms with Crippen LogP contribution in [0.15, 0.2) is 30.3 Å². The highest BCUT2D eigenvalue weighted by atomic mass is 35.5. The van der Waals surface area contributed by atoms with Crippen LogP contribution in [0.4, 0.5) is 17.6 Å². The Balaban J connectivity index is 2.52. The van der Waals surface area contributed by atoms with Gasteiger partial charge in [-0.1, -0.05) is 11.6 Å². The lowest BCUT2D eigenvalue weighted by Gasteiger charge is -2.13. The van der Waals surface area contributed by atoms with Crippen LogP contribution in [0.2, 0.25) is 5.02 Å². The molecule has 19 heavy (non-hydrogen) atoms. The van der Waals surface area contributed by atoms with E-state index in [9.17, 15) is 17.6 Å². The minimum atomic E-state index is -1.34. The lowest BCUT2D eigenvalue weighted by Crippen LogP contribution is -2.02. The zero-order chi connectivity index (χ0) is 14.2. The first-order chi connectivity index (χ1) is 8.90. The number of benzene rings is 2. The Morgan fingerprint density at radius 3 is 2.00 bits per heavy atom. The summed E-state index contributed by atoms with van der Waals surface area (Å²) in [4.78, 5) is 0. The predicted molar refractivity (Wildman–Crippen MR) is 65.4 cm³/mol. The van der Waals surface area contributed by atoms with Crippen molar-refractivity contribution in [3.05, 3.63) is 69.8 Å². The van der Waals surface area contributed by atoms with Crippen LogP contribution in [0.25, 0.3) is 0 Å². The van der Waals surface area contributed by atoms with Gasteiger partial charge in [0.2, 0.25) is 0 Å². The van der Waals surface area contributed by atoms with Crippen LogP contribution < -0.4 is 0 Å². The average Bonchev–Trinajstić information content (AvgIpc) is 2.36. The summed E-state index contributed by atoms with van der Waals surface area (Å²) in [6.07, 6.45) is 0. The van der Waals surface area contributed by atoms with E-state index < -0.39 is 28.6 Å². The lowest BCUT2D eigenvalue weighted by atomic mass is 10.0. The van der Waals surface area contributed by atoms with E-state index in [0.29, 0.717) is 12.1 Å². The topological polar surface area (TPSA) is 0 Å². The quantitative estimate of drug-likeness (QED) is 0.405. The van der Waals surface area contributed by atoms with Crippen molar-refractivity contribution in [3.8, 4) is 0 Å². The number of halogens is 6. The Morgan fingerprint density at radius 1 is 0.737 bits per heavy atom. The van der Waals surface area contributed by atoms with E-state index in [1.807, 2.05) is 0 Å². The molecule has 1 unspecified atom stereocenters. The van der Waals surface area contributed by atoms with Gasteiger partial charge in [-0.2, -0.15) is 0 Å². The predicted octanol–water partition coefficient (Wildman–Crippen LogP) is 5.22. The monoisotopic (exact) mass is 308 g/mol. The maximum absolute atomic E-state index is 13.6. The van der Waals surface area contributed by atoms with Gasteiger partial charge in [0.05, 0.1) is 5.38 Å². The van der Waals surface area contributed by atoms with Gasteiger partial charge in [0.25, 0.3) is 0 Å². The third kappa shape index (κ3) is 2.85. The summed E-state index contributed by atoms with van der Waals surface area (Å²) in [5.41, 5.74) is -0.471. The van der Waals surface area contributed by atoms with E-state index >= 15 is 0 Å². The maximum atomic E-state index is 13.6. The second kappa shape index (κ2) is 5.39. The van der Waals surface area contributed by atoms with E-state index in [1.54, 1.807) is 0 Å². The average molecular weight is 309 g/mol. The molecular formula is C13H6Cl2F4. The van der Waals surface area contributed by atoms with Gasteiger partial charge in [-0.3, -0.25) is 0 Å². The van der Waals surface area contributed by atoms with Gasteiger partial charge in [0, 0.05) is 22.2 Å². The molecule has 100 valence electrons. The van der Waals surface area contributed by atoms with Crippen molar-refractivity contribution in [2.24, 2.45) is 0 Å². The lowest BCUT2D eigenvalue weighted by molar-refractivity contribution is 0.490. The highest BCUT2D eigenvalue weighted by Gasteiger charge is 2.21. The van der Waals surface area contributed by atoms with Gasteiger partial charge in [-0.05, 0) is 24.3 Å².